The quantitative estimate of drug-likeness (QED) is 0.615. The standard InChI is InChI=1S/C18H29N3O5/c1-5-17(3,4)12-6-8-18(9-7-12)15(25)21(16(26)20-18)10-13(22)19-11(2)14(23)24/h11-12H,5-10H2,1-4H3,(H,19,22)(H,20,26)(H,23,24)/t11-,12?,18?/m1/s1. The zero-order chi connectivity index (χ0) is 19.7. The Balaban J connectivity index is 2.01. The highest BCUT2D eigenvalue weighted by atomic mass is 16.4. The summed E-state index contributed by atoms with van der Waals surface area (Å²) >= 11 is 0. The molecule has 1 atom stereocenters. The summed E-state index contributed by atoms with van der Waals surface area (Å²) in [6.45, 7) is 7.47. The highest BCUT2D eigenvalue weighted by Gasteiger charge is 2.53. The number of urea groups is 1. The number of aliphatic carboxylic acids is 1. The lowest BCUT2D eigenvalue weighted by molar-refractivity contribution is -0.141. The van der Waals surface area contributed by atoms with Gasteiger partial charge in [-0.05, 0) is 43.9 Å². The van der Waals surface area contributed by atoms with E-state index < -0.39 is 36.0 Å². The van der Waals surface area contributed by atoms with Crippen molar-refractivity contribution in [1.82, 2.24) is 15.5 Å². The average Bonchev–Trinajstić information content (AvgIpc) is 2.79. The second kappa shape index (κ2) is 7.25. The van der Waals surface area contributed by atoms with Crippen LogP contribution in [0.25, 0.3) is 0 Å². The van der Waals surface area contributed by atoms with Crippen LogP contribution in [0.1, 0.15) is 59.8 Å². The van der Waals surface area contributed by atoms with Crippen molar-refractivity contribution < 1.29 is 24.3 Å². The van der Waals surface area contributed by atoms with Gasteiger partial charge < -0.3 is 15.7 Å². The van der Waals surface area contributed by atoms with E-state index in [9.17, 15) is 19.2 Å². The molecule has 0 aromatic rings. The molecule has 4 amide bonds. The van der Waals surface area contributed by atoms with Crippen molar-refractivity contribution in [3.8, 4) is 0 Å². The minimum Gasteiger partial charge on any atom is -0.480 e. The first-order chi connectivity index (χ1) is 12.0. The van der Waals surface area contributed by atoms with Crippen LogP contribution < -0.4 is 10.6 Å². The molecule has 1 spiro atoms. The number of carbonyl (C=O) groups excluding carboxylic acids is 3. The lowest BCUT2D eigenvalue weighted by Gasteiger charge is -2.42. The predicted molar refractivity (Wildman–Crippen MR) is 94.2 cm³/mol. The Hall–Kier alpha value is -2.12. The maximum absolute atomic E-state index is 12.8. The van der Waals surface area contributed by atoms with Crippen LogP contribution in [0, 0.1) is 11.3 Å². The second-order valence-electron chi connectivity index (χ2n) is 8.15. The zero-order valence-electron chi connectivity index (χ0n) is 15.9. The molecule has 0 bridgehead atoms. The average molecular weight is 367 g/mol. The maximum Gasteiger partial charge on any atom is 0.325 e. The van der Waals surface area contributed by atoms with Gasteiger partial charge in [0.25, 0.3) is 5.91 Å². The third-order valence-electron chi connectivity index (χ3n) is 6.15. The molecule has 1 saturated carbocycles. The van der Waals surface area contributed by atoms with E-state index in [1.165, 1.54) is 6.92 Å². The number of hydrogen-bond donors (Lipinski definition) is 3. The first-order valence-corrected chi connectivity index (χ1v) is 9.18. The van der Waals surface area contributed by atoms with Crippen molar-refractivity contribution in [2.24, 2.45) is 11.3 Å². The normalized spacial score (nSPS) is 27.4. The number of carboxylic acids is 1. The maximum atomic E-state index is 12.8. The third kappa shape index (κ3) is 3.83. The first-order valence-electron chi connectivity index (χ1n) is 9.18. The molecule has 2 fully saturated rings. The van der Waals surface area contributed by atoms with Crippen molar-refractivity contribution in [2.45, 2.75) is 71.4 Å². The number of carboxylic acid groups (broad SMARTS) is 1. The van der Waals surface area contributed by atoms with Crippen LogP contribution in [0.4, 0.5) is 4.79 Å². The zero-order valence-corrected chi connectivity index (χ0v) is 15.9. The van der Waals surface area contributed by atoms with Gasteiger partial charge in [0.2, 0.25) is 5.91 Å². The second-order valence-corrected chi connectivity index (χ2v) is 8.15. The number of rotatable bonds is 6. The minimum absolute atomic E-state index is 0.194. The Morgan fingerprint density at radius 3 is 2.42 bits per heavy atom. The molecule has 1 aliphatic heterocycles. The van der Waals surface area contributed by atoms with E-state index in [-0.39, 0.29) is 11.3 Å². The fourth-order valence-corrected chi connectivity index (χ4v) is 3.83. The lowest BCUT2D eigenvalue weighted by atomic mass is 9.65. The molecule has 8 nitrogen and oxygen atoms in total. The summed E-state index contributed by atoms with van der Waals surface area (Å²) in [4.78, 5) is 48.7. The molecule has 1 saturated heterocycles. The molecular formula is C18H29N3O5. The van der Waals surface area contributed by atoms with Gasteiger partial charge in [0.1, 0.15) is 18.1 Å². The predicted octanol–water partition coefficient (Wildman–Crippen LogP) is 1.49. The third-order valence-corrected chi connectivity index (χ3v) is 6.15. The molecule has 146 valence electrons. The van der Waals surface area contributed by atoms with Gasteiger partial charge in [-0.25, -0.2) is 4.79 Å². The molecule has 0 unspecified atom stereocenters. The van der Waals surface area contributed by atoms with Gasteiger partial charge in [-0.1, -0.05) is 27.2 Å². The van der Waals surface area contributed by atoms with Gasteiger partial charge in [0.05, 0.1) is 0 Å². The Morgan fingerprint density at radius 2 is 1.92 bits per heavy atom. The summed E-state index contributed by atoms with van der Waals surface area (Å²) in [6.07, 6.45) is 3.88. The lowest BCUT2D eigenvalue weighted by Crippen LogP contribution is -2.51. The van der Waals surface area contributed by atoms with Crippen LogP contribution in [0.3, 0.4) is 0 Å². The number of nitrogens with zero attached hydrogens (tertiary/aromatic N) is 1. The molecule has 0 aromatic heterocycles. The number of nitrogens with one attached hydrogen (secondary N) is 2. The number of carbonyl (C=O) groups is 4. The summed E-state index contributed by atoms with van der Waals surface area (Å²) in [7, 11) is 0. The van der Waals surface area contributed by atoms with Gasteiger partial charge in [0.15, 0.2) is 0 Å². The highest BCUT2D eigenvalue weighted by molar-refractivity contribution is 6.09. The fourth-order valence-electron chi connectivity index (χ4n) is 3.83. The van der Waals surface area contributed by atoms with Crippen LogP contribution in [-0.4, -0.2) is 51.9 Å². The smallest absolute Gasteiger partial charge is 0.325 e. The van der Waals surface area contributed by atoms with Crippen LogP contribution in [0.5, 0.6) is 0 Å². The molecular weight excluding hydrogens is 338 g/mol. The van der Waals surface area contributed by atoms with E-state index in [1.807, 2.05) is 0 Å². The highest BCUT2D eigenvalue weighted by Crippen LogP contribution is 2.45. The monoisotopic (exact) mass is 367 g/mol. The van der Waals surface area contributed by atoms with Gasteiger partial charge in [-0.3, -0.25) is 19.3 Å². The van der Waals surface area contributed by atoms with Crippen molar-refractivity contribution >= 4 is 23.8 Å². The van der Waals surface area contributed by atoms with Gasteiger partial charge in [0, 0.05) is 0 Å². The van der Waals surface area contributed by atoms with Crippen LogP contribution in [-0.2, 0) is 14.4 Å². The molecule has 2 rings (SSSR count). The summed E-state index contributed by atoms with van der Waals surface area (Å²) in [5.41, 5.74) is -0.726. The molecule has 26 heavy (non-hydrogen) atoms. The molecule has 1 heterocycles. The summed E-state index contributed by atoms with van der Waals surface area (Å²) in [6, 6.07) is -1.66. The summed E-state index contributed by atoms with van der Waals surface area (Å²) < 4.78 is 0. The topological polar surface area (TPSA) is 116 Å². The fraction of sp³-hybridized carbons (Fsp3) is 0.778. The van der Waals surface area contributed by atoms with Gasteiger partial charge in [-0.15, -0.1) is 0 Å². The molecule has 0 aromatic carbocycles. The Morgan fingerprint density at radius 1 is 1.35 bits per heavy atom. The van der Waals surface area contributed by atoms with E-state index in [4.69, 9.17) is 5.11 Å². The van der Waals surface area contributed by atoms with E-state index in [1.54, 1.807) is 0 Å². The summed E-state index contributed by atoms with van der Waals surface area (Å²) in [5.74, 6) is -1.73. The van der Waals surface area contributed by atoms with E-state index >= 15 is 0 Å². The van der Waals surface area contributed by atoms with E-state index in [0.717, 1.165) is 24.2 Å². The van der Waals surface area contributed by atoms with E-state index in [2.05, 4.69) is 31.4 Å². The molecule has 8 heteroatoms. The van der Waals surface area contributed by atoms with Crippen LogP contribution >= 0.6 is 0 Å². The van der Waals surface area contributed by atoms with Crippen molar-refractivity contribution in [3.63, 3.8) is 0 Å². The molecule has 3 N–H and O–H groups in total. The van der Waals surface area contributed by atoms with Crippen LogP contribution in [0.2, 0.25) is 0 Å². The molecule has 0 radical (unpaired) electrons. The first kappa shape index (κ1) is 20.2. The minimum atomic E-state index is -1.18. The van der Waals surface area contributed by atoms with Crippen molar-refractivity contribution in [3.05, 3.63) is 0 Å². The van der Waals surface area contributed by atoms with Gasteiger partial charge >= 0.3 is 12.0 Å². The van der Waals surface area contributed by atoms with Crippen molar-refractivity contribution in [2.75, 3.05) is 6.54 Å². The van der Waals surface area contributed by atoms with Gasteiger partial charge in [-0.2, -0.15) is 0 Å². The molecule has 2 aliphatic rings. The number of imide groups is 1. The Labute approximate surface area is 153 Å². The van der Waals surface area contributed by atoms with Crippen molar-refractivity contribution in [1.29, 1.82) is 0 Å². The Kier molecular flexibility index (Phi) is 5.63. The molecule has 1 aliphatic carbocycles. The summed E-state index contributed by atoms with van der Waals surface area (Å²) in [5, 5.41) is 13.9. The SMILES string of the molecule is CCC(C)(C)C1CCC2(CC1)NC(=O)N(CC(=O)N[C@H](C)C(=O)O)C2=O. The number of amides is 4. The number of hydrogen-bond acceptors (Lipinski definition) is 4. The van der Waals surface area contributed by atoms with E-state index in [0.29, 0.717) is 18.8 Å². The van der Waals surface area contributed by atoms with Crippen LogP contribution in [0.15, 0.2) is 0 Å². The Bertz CT molecular complexity index is 608. The largest absolute Gasteiger partial charge is 0.480 e.